The second-order valence-corrected chi connectivity index (χ2v) is 6.08. The summed E-state index contributed by atoms with van der Waals surface area (Å²) in [6.07, 6.45) is 6.59. The van der Waals surface area contributed by atoms with Gasteiger partial charge in [-0.3, -0.25) is 14.6 Å². The van der Waals surface area contributed by atoms with E-state index >= 15 is 0 Å². The minimum atomic E-state index is -0.195. The maximum atomic E-state index is 12.8. The van der Waals surface area contributed by atoms with Gasteiger partial charge in [0, 0.05) is 31.9 Å². The predicted molar refractivity (Wildman–Crippen MR) is 97.6 cm³/mol. The summed E-state index contributed by atoms with van der Waals surface area (Å²) in [6, 6.07) is 8.88. The van der Waals surface area contributed by atoms with Crippen LogP contribution in [0.2, 0.25) is 0 Å². The van der Waals surface area contributed by atoms with Crippen molar-refractivity contribution in [1.82, 2.24) is 15.2 Å². The highest BCUT2D eigenvalue weighted by Gasteiger charge is 2.21. The molecule has 1 N–H and O–H groups in total. The summed E-state index contributed by atoms with van der Waals surface area (Å²) in [7, 11) is 0. The Kier molecular flexibility index (Phi) is 6.04. The molecule has 0 saturated heterocycles. The van der Waals surface area contributed by atoms with Gasteiger partial charge in [-0.25, -0.2) is 0 Å². The fourth-order valence-electron chi connectivity index (χ4n) is 2.65. The Hall–Kier alpha value is -3.35. The van der Waals surface area contributed by atoms with E-state index in [2.05, 4.69) is 10.3 Å². The minimum absolute atomic E-state index is 0.132. The van der Waals surface area contributed by atoms with Crippen molar-refractivity contribution in [2.45, 2.75) is 26.4 Å². The Balaban J connectivity index is 1.60. The molecule has 0 radical (unpaired) electrons. The summed E-state index contributed by atoms with van der Waals surface area (Å²) in [5.41, 5.74) is 1.45. The molecule has 7 heteroatoms. The van der Waals surface area contributed by atoms with Crippen molar-refractivity contribution in [3.8, 4) is 0 Å². The molecule has 3 heterocycles. The van der Waals surface area contributed by atoms with Gasteiger partial charge >= 0.3 is 0 Å². The summed E-state index contributed by atoms with van der Waals surface area (Å²) in [4.78, 5) is 30.6. The molecule has 2 amide bonds. The van der Waals surface area contributed by atoms with Gasteiger partial charge < -0.3 is 19.1 Å². The lowest BCUT2D eigenvalue weighted by Crippen LogP contribution is -2.34. The average molecular weight is 367 g/mol. The normalized spacial score (nSPS) is 10.6. The molecule has 0 atom stereocenters. The van der Waals surface area contributed by atoms with Crippen LogP contribution in [0.3, 0.4) is 0 Å². The zero-order chi connectivity index (χ0) is 19.1. The largest absolute Gasteiger partial charge is 0.469 e. The Bertz CT molecular complexity index is 872. The number of rotatable bonds is 8. The van der Waals surface area contributed by atoms with Crippen molar-refractivity contribution in [1.29, 1.82) is 0 Å². The second kappa shape index (κ2) is 8.84. The van der Waals surface area contributed by atoms with Gasteiger partial charge in [-0.1, -0.05) is 0 Å². The molecule has 3 rings (SSSR count). The van der Waals surface area contributed by atoms with E-state index in [1.165, 1.54) is 6.26 Å². The zero-order valence-electron chi connectivity index (χ0n) is 15.1. The van der Waals surface area contributed by atoms with Crippen molar-refractivity contribution >= 4 is 11.8 Å². The van der Waals surface area contributed by atoms with Gasteiger partial charge in [-0.05, 0) is 42.8 Å². The highest BCUT2D eigenvalue weighted by Crippen LogP contribution is 2.15. The maximum absolute atomic E-state index is 12.8. The molecular weight excluding hydrogens is 346 g/mol. The smallest absolute Gasteiger partial charge is 0.257 e. The highest BCUT2D eigenvalue weighted by molar-refractivity contribution is 5.95. The molecule has 3 aromatic rings. The second-order valence-electron chi connectivity index (χ2n) is 6.08. The molecule has 140 valence electrons. The molecule has 0 aliphatic heterocycles. The van der Waals surface area contributed by atoms with Gasteiger partial charge in [0.15, 0.2) is 0 Å². The number of carbonyl (C=O) groups is 2. The third kappa shape index (κ3) is 5.07. The number of furan rings is 2. The van der Waals surface area contributed by atoms with E-state index < -0.39 is 0 Å². The Labute approximate surface area is 157 Å². The number of hydrogen-bond donors (Lipinski definition) is 1. The molecule has 0 saturated carbocycles. The molecule has 0 fully saturated rings. The maximum Gasteiger partial charge on any atom is 0.257 e. The topological polar surface area (TPSA) is 88.6 Å². The SMILES string of the molecule is Cc1occc1C(=O)N(CCC(=O)NCc1ccncc1)Cc1ccco1. The monoisotopic (exact) mass is 367 g/mol. The van der Waals surface area contributed by atoms with E-state index in [-0.39, 0.29) is 31.3 Å². The van der Waals surface area contributed by atoms with Gasteiger partial charge in [-0.15, -0.1) is 0 Å². The van der Waals surface area contributed by atoms with E-state index in [1.54, 1.807) is 48.7 Å². The molecule has 0 aliphatic rings. The summed E-state index contributed by atoms with van der Waals surface area (Å²) in [6.45, 7) is 2.72. The number of aromatic nitrogens is 1. The molecule has 3 aromatic heterocycles. The number of amides is 2. The molecule has 0 bridgehead atoms. The van der Waals surface area contributed by atoms with Gasteiger partial charge in [-0.2, -0.15) is 0 Å². The molecule has 7 nitrogen and oxygen atoms in total. The van der Waals surface area contributed by atoms with Crippen LogP contribution in [0.5, 0.6) is 0 Å². The number of carbonyl (C=O) groups excluding carboxylic acids is 2. The van der Waals surface area contributed by atoms with E-state index in [1.807, 2.05) is 12.1 Å². The Morgan fingerprint density at radius 2 is 1.93 bits per heavy atom. The number of pyridine rings is 1. The lowest BCUT2D eigenvalue weighted by Gasteiger charge is -2.21. The van der Waals surface area contributed by atoms with Crippen LogP contribution in [-0.4, -0.2) is 28.2 Å². The van der Waals surface area contributed by atoms with E-state index in [4.69, 9.17) is 8.83 Å². The molecule has 27 heavy (non-hydrogen) atoms. The lowest BCUT2D eigenvalue weighted by molar-refractivity contribution is -0.121. The van der Waals surface area contributed by atoms with Crippen LogP contribution in [0.15, 0.2) is 64.1 Å². The molecule has 0 unspecified atom stereocenters. The summed E-state index contributed by atoms with van der Waals surface area (Å²) < 4.78 is 10.6. The Morgan fingerprint density at radius 1 is 1.11 bits per heavy atom. The summed E-state index contributed by atoms with van der Waals surface area (Å²) in [5.74, 6) is 0.876. The molecule has 0 aliphatic carbocycles. The molecule has 0 aromatic carbocycles. The molecule has 0 spiro atoms. The summed E-state index contributed by atoms with van der Waals surface area (Å²) in [5, 5.41) is 2.85. The van der Waals surface area contributed by atoms with Crippen LogP contribution in [0.4, 0.5) is 0 Å². The number of aryl methyl sites for hydroxylation is 1. The number of nitrogens with zero attached hydrogens (tertiary/aromatic N) is 2. The van der Waals surface area contributed by atoms with Gasteiger partial charge in [0.1, 0.15) is 11.5 Å². The van der Waals surface area contributed by atoms with E-state index in [0.29, 0.717) is 23.6 Å². The van der Waals surface area contributed by atoms with Gasteiger partial charge in [0.2, 0.25) is 5.91 Å². The quantitative estimate of drug-likeness (QED) is 0.661. The molecular formula is C20H21N3O4. The van der Waals surface area contributed by atoms with Crippen LogP contribution in [0, 0.1) is 6.92 Å². The van der Waals surface area contributed by atoms with E-state index in [9.17, 15) is 9.59 Å². The van der Waals surface area contributed by atoms with Gasteiger partial charge in [0.05, 0.1) is 24.6 Å². The first-order chi connectivity index (χ1) is 13.1. The first-order valence-electron chi connectivity index (χ1n) is 8.65. The van der Waals surface area contributed by atoms with E-state index in [0.717, 1.165) is 5.56 Å². The standard InChI is InChI=1S/C20H21N3O4/c1-15-18(7-12-26-15)20(25)23(14-17-3-2-11-27-17)10-6-19(24)22-13-16-4-8-21-9-5-16/h2-5,7-9,11-12H,6,10,13-14H2,1H3,(H,22,24). The van der Waals surface area contributed by atoms with Crippen LogP contribution in [0.1, 0.15) is 33.9 Å². The van der Waals surface area contributed by atoms with Gasteiger partial charge in [0.25, 0.3) is 5.91 Å². The lowest BCUT2D eigenvalue weighted by atomic mass is 10.2. The fourth-order valence-corrected chi connectivity index (χ4v) is 2.65. The highest BCUT2D eigenvalue weighted by atomic mass is 16.3. The first-order valence-corrected chi connectivity index (χ1v) is 8.65. The van der Waals surface area contributed by atoms with Crippen LogP contribution >= 0.6 is 0 Å². The zero-order valence-corrected chi connectivity index (χ0v) is 15.1. The average Bonchev–Trinajstić information content (AvgIpc) is 3.35. The summed E-state index contributed by atoms with van der Waals surface area (Å²) >= 11 is 0. The van der Waals surface area contributed by atoms with Crippen LogP contribution in [-0.2, 0) is 17.9 Å². The number of nitrogens with one attached hydrogen (secondary N) is 1. The van der Waals surface area contributed by atoms with Crippen LogP contribution < -0.4 is 5.32 Å². The Morgan fingerprint density at radius 3 is 2.59 bits per heavy atom. The number of hydrogen-bond acceptors (Lipinski definition) is 5. The van der Waals surface area contributed by atoms with Crippen molar-refractivity contribution in [2.75, 3.05) is 6.54 Å². The minimum Gasteiger partial charge on any atom is -0.469 e. The first kappa shape index (κ1) is 18.4. The van der Waals surface area contributed by atoms with Crippen molar-refractivity contribution in [2.24, 2.45) is 0 Å². The van der Waals surface area contributed by atoms with Crippen molar-refractivity contribution < 1.29 is 18.4 Å². The van der Waals surface area contributed by atoms with Crippen LogP contribution in [0.25, 0.3) is 0 Å². The third-order valence-corrected chi connectivity index (χ3v) is 4.15. The third-order valence-electron chi connectivity index (χ3n) is 4.15. The predicted octanol–water partition coefficient (Wildman–Crippen LogP) is 2.92. The fraction of sp³-hybridized carbons (Fsp3) is 0.250. The van der Waals surface area contributed by atoms with Crippen molar-refractivity contribution in [3.05, 3.63) is 77.9 Å². The van der Waals surface area contributed by atoms with Crippen molar-refractivity contribution in [3.63, 3.8) is 0 Å².